The number of carboxylic acid groups (broad SMARTS) is 1. The summed E-state index contributed by atoms with van der Waals surface area (Å²) in [6.07, 6.45) is 3.12. The first kappa shape index (κ1) is 15.8. The van der Waals surface area contributed by atoms with Crippen molar-refractivity contribution >= 4 is 33.6 Å². The minimum absolute atomic E-state index is 0.118. The van der Waals surface area contributed by atoms with E-state index in [-0.39, 0.29) is 17.7 Å². The largest absolute Gasteiger partial charge is 0.478 e. The molecule has 1 heterocycles. The molecule has 1 aromatic rings. The molecule has 1 unspecified atom stereocenters. The van der Waals surface area contributed by atoms with E-state index in [2.05, 4.69) is 26.6 Å². The lowest BCUT2D eigenvalue weighted by Crippen LogP contribution is -2.31. The number of anilines is 1. The van der Waals surface area contributed by atoms with Crippen molar-refractivity contribution in [1.29, 1.82) is 0 Å². The Kier molecular flexibility index (Phi) is 5.58. The minimum atomic E-state index is -1.04. The van der Waals surface area contributed by atoms with Gasteiger partial charge in [0.15, 0.2) is 0 Å². The molecule has 0 radical (unpaired) electrons. The SMILES string of the molecule is O=C(NCCC1CCCO1)Nc1cc(C(=O)O)ccc1Br. The number of ether oxygens (including phenoxy) is 1. The number of hydrogen-bond donors (Lipinski definition) is 3. The van der Waals surface area contributed by atoms with Crippen LogP contribution >= 0.6 is 15.9 Å². The monoisotopic (exact) mass is 356 g/mol. The van der Waals surface area contributed by atoms with Gasteiger partial charge >= 0.3 is 12.0 Å². The van der Waals surface area contributed by atoms with E-state index in [9.17, 15) is 9.59 Å². The van der Waals surface area contributed by atoms with Crippen LogP contribution in [0.5, 0.6) is 0 Å². The molecule has 1 aliphatic heterocycles. The predicted octanol–water partition coefficient (Wildman–Crippen LogP) is 2.84. The van der Waals surface area contributed by atoms with Gasteiger partial charge in [0.25, 0.3) is 0 Å². The number of amides is 2. The average Bonchev–Trinajstić information content (AvgIpc) is 2.94. The highest BCUT2D eigenvalue weighted by molar-refractivity contribution is 9.10. The summed E-state index contributed by atoms with van der Waals surface area (Å²) in [5.41, 5.74) is 0.539. The number of aromatic carboxylic acids is 1. The minimum Gasteiger partial charge on any atom is -0.478 e. The van der Waals surface area contributed by atoms with Crippen molar-refractivity contribution in [2.75, 3.05) is 18.5 Å². The van der Waals surface area contributed by atoms with Crippen molar-refractivity contribution in [2.24, 2.45) is 0 Å². The van der Waals surface area contributed by atoms with Crippen LogP contribution < -0.4 is 10.6 Å². The molecule has 1 fully saturated rings. The summed E-state index contributed by atoms with van der Waals surface area (Å²) in [5, 5.41) is 14.3. The zero-order valence-corrected chi connectivity index (χ0v) is 13.0. The van der Waals surface area contributed by atoms with Crippen molar-refractivity contribution in [3.63, 3.8) is 0 Å². The van der Waals surface area contributed by atoms with Gasteiger partial charge in [0.1, 0.15) is 0 Å². The van der Waals surface area contributed by atoms with Crippen LogP contribution in [-0.4, -0.2) is 36.4 Å². The van der Waals surface area contributed by atoms with E-state index in [4.69, 9.17) is 9.84 Å². The average molecular weight is 357 g/mol. The quantitative estimate of drug-likeness (QED) is 0.756. The number of hydrogen-bond acceptors (Lipinski definition) is 3. The van der Waals surface area contributed by atoms with Gasteiger partial charge in [0.05, 0.1) is 17.4 Å². The van der Waals surface area contributed by atoms with Crippen molar-refractivity contribution in [2.45, 2.75) is 25.4 Å². The molecule has 0 saturated carbocycles. The van der Waals surface area contributed by atoms with E-state index in [1.54, 1.807) is 6.07 Å². The first-order valence-electron chi connectivity index (χ1n) is 6.75. The number of urea groups is 1. The third-order valence-corrected chi connectivity index (χ3v) is 3.93. The molecule has 0 aromatic heterocycles. The maximum Gasteiger partial charge on any atom is 0.335 e. The summed E-state index contributed by atoms with van der Waals surface area (Å²) in [5.74, 6) is -1.04. The molecule has 7 heteroatoms. The smallest absolute Gasteiger partial charge is 0.335 e. The molecule has 1 aliphatic rings. The van der Waals surface area contributed by atoms with E-state index in [0.717, 1.165) is 25.9 Å². The summed E-state index contributed by atoms with van der Waals surface area (Å²) in [7, 11) is 0. The van der Waals surface area contributed by atoms with Gasteiger partial charge in [0, 0.05) is 17.6 Å². The Balaban J connectivity index is 1.84. The molecule has 2 rings (SSSR count). The summed E-state index contributed by atoms with van der Waals surface area (Å²) < 4.78 is 6.10. The van der Waals surface area contributed by atoms with Crippen LogP contribution in [0.25, 0.3) is 0 Å². The fourth-order valence-corrected chi connectivity index (χ4v) is 2.49. The van der Waals surface area contributed by atoms with Crippen LogP contribution in [0.2, 0.25) is 0 Å². The number of rotatable bonds is 5. The molecule has 6 nitrogen and oxygen atoms in total. The van der Waals surface area contributed by atoms with Crippen molar-refractivity contribution in [1.82, 2.24) is 5.32 Å². The van der Waals surface area contributed by atoms with Gasteiger partial charge in [-0.05, 0) is 53.4 Å². The van der Waals surface area contributed by atoms with Gasteiger partial charge in [-0.3, -0.25) is 0 Å². The molecule has 114 valence electrons. The maximum absolute atomic E-state index is 11.8. The van der Waals surface area contributed by atoms with Crippen molar-refractivity contribution in [3.8, 4) is 0 Å². The fourth-order valence-electron chi connectivity index (χ4n) is 2.14. The molecule has 1 atom stereocenters. The van der Waals surface area contributed by atoms with E-state index in [1.807, 2.05) is 0 Å². The zero-order valence-electron chi connectivity index (χ0n) is 11.4. The fraction of sp³-hybridized carbons (Fsp3) is 0.429. The van der Waals surface area contributed by atoms with Gasteiger partial charge in [-0.25, -0.2) is 9.59 Å². The first-order chi connectivity index (χ1) is 10.1. The predicted molar refractivity (Wildman–Crippen MR) is 81.7 cm³/mol. The van der Waals surface area contributed by atoms with Gasteiger partial charge in [-0.1, -0.05) is 0 Å². The molecule has 1 aromatic carbocycles. The molecule has 0 aliphatic carbocycles. The number of halogens is 1. The van der Waals surface area contributed by atoms with Crippen molar-refractivity contribution < 1.29 is 19.4 Å². The lowest BCUT2D eigenvalue weighted by Gasteiger charge is -2.12. The lowest BCUT2D eigenvalue weighted by atomic mass is 10.2. The van der Waals surface area contributed by atoms with Gasteiger partial charge < -0.3 is 20.5 Å². The van der Waals surface area contributed by atoms with E-state index >= 15 is 0 Å². The number of carbonyl (C=O) groups is 2. The van der Waals surface area contributed by atoms with Crippen LogP contribution in [0.1, 0.15) is 29.6 Å². The van der Waals surface area contributed by atoms with Crippen LogP contribution in [0, 0.1) is 0 Å². The highest BCUT2D eigenvalue weighted by Crippen LogP contribution is 2.23. The van der Waals surface area contributed by atoms with E-state index < -0.39 is 5.97 Å². The Hall–Kier alpha value is -1.60. The Labute approximate surface area is 131 Å². The topological polar surface area (TPSA) is 87.7 Å². The van der Waals surface area contributed by atoms with E-state index in [0.29, 0.717) is 16.7 Å². The summed E-state index contributed by atoms with van der Waals surface area (Å²) in [6, 6.07) is 4.10. The lowest BCUT2D eigenvalue weighted by molar-refractivity contribution is 0.0697. The number of carboxylic acids is 1. The first-order valence-corrected chi connectivity index (χ1v) is 7.55. The highest BCUT2D eigenvalue weighted by Gasteiger charge is 2.15. The summed E-state index contributed by atoms with van der Waals surface area (Å²) >= 11 is 3.27. The Morgan fingerprint density at radius 1 is 1.43 bits per heavy atom. The Morgan fingerprint density at radius 3 is 2.90 bits per heavy atom. The molecule has 0 spiro atoms. The van der Waals surface area contributed by atoms with Crippen LogP contribution in [0.3, 0.4) is 0 Å². The highest BCUT2D eigenvalue weighted by atomic mass is 79.9. The molecule has 0 bridgehead atoms. The maximum atomic E-state index is 11.8. The normalized spacial score (nSPS) is 17.5. The molecule has 21 heavy (non-hydrogen) atoms. The summed E-state index contributed by atoms with van der Waals surface area (Å²) in [6.45, 7) is 1.32. The van der Waals surface area contributed by atoms with Gasteiger partial charge in [-0.2, -0.15) is 0 Å². The second-order valence-electron chi connectivity index (χ2n) is 4.80. The third kappa shape index (κ3) is 4.71. The molecular formula is C14H17BrN2O4. The second kappa shape index (κ2) is 7.42. The third-order valence-electron chi connectivity index (χ3n) is 3.24. The molecule has 3 N–H and O–H groups in total. The van der Waals surface area contributed by atoms with Gasteiger partial charge in [-0.15, -0.1) is 0 Å². The molecule has 2 amide bonds. The Bertz CT molecular complexity index is 530. The molecule has 1 saturated heterocycles. The second-order valence-corrected chi connectivity index (χ2v) is 5.66. The van der Waals surface area contributed by atoms with Crippen molar-refractivity contribution in [3.05, 3.63) is 28.2 Å². The number of carbonyl (C=O) groups excluding carboxylic acids is 1. The van der Waals surface area contributed by atoms with Gasteiger partial charge in [0.2, 0.25) is 0 Å². The zero-order chi connectivity index (χ0) is 15.2. The van der Waals surface area contributed by atoms with Crippen LogP contribution in [-0.2, 0) is 4.74 Å². The van der Waals surface area contributed by atoms with E-state index in [1.165, 1.54) is 12.1 Å². The van der Waals surface area contributed by atoms with Crippen LogP contribution in [0.4, 0.5) is 10.5 Å². The standard InChI is InChI=1S/C14H17BrN2O4/c15-11-4-3-9(13(18)19)8-12(11)17-14(20)16-6-5-10-2-1-7-21-10/h3-4,8,10H,1-2,5-7H2,(H,18,19)(H2,16,17,20). The number of benzene rings is 1. The number of nitrogens with one attached hydrogen (secondary N) is 2. The molecular weight excluding hydrogens is 340 g/mol. The van der Waals surface area contributed by atoms with Crippen LogP contribution in [0.15, 0.2) is 22.7 Å². The Morgan fingerprint density at radius 2 is 2.24 bits per heavy atom. The summed E-state index contributed by atoms with van der Waals surface area (Å²) in [4.78, 5) is 22.7.